The van der Waals surface area contributed by atoms with Gasteiger partial charge in [-0.05, 0) is 30.5 Å². The number of hydrogen-bond donors (Lipinski definition) is 2. The van der Waals surface area contributed by atoms with Crippen LogP contribution in [0.25, 0.3) is 10.8 Å². The first kappa shape index (κ1) is 17.1. The van der Waals surface area contributed by atoms with Crippen LogP contribution in [0.15, 0.2) is 59.7 Å². The Morgan fingerprint density at radius 1 is 1.19 bits per heavy atom. The van der Waals surface area contributed by atoms with E-state index in [1.807, 2.05) is 24.3 Å². The summed E-state index contributed by atoms with van der Waals surface area (Å²) in [5.74, 6) is -0.424. The minimum atomic E-state index is -0.502. The van der Waals surface area contributed by atoms with Crippen molar-refractivity contribution in [1.29, 1.82) is 0 Å². The molecule has 130 valence electrons. The molecule has 7 nitrogen and oxygen atoms in total. The van der Waals surface area contributed by atoms with Gasteiger partial charge in [0.1, 0.15) is 5.75 Å². The molecule has 0 saturated heterocycles. The summed E-state index contributed by atoms with van der Waals surface area (Å²) in [6, 6.07) is 15.0. The van der Waals surface area contributed by atoms with Crippen LogP contribution in [0.2, 0.25) is 0 Å². The first-order valence-corrected chi connectivity index (χ1v) is 7.76. The molecule has 1 amide bonds. The van der Waals surface area contributed by atoms with Gasteiger partial charge in [0.25, 0.3) is 11.6 Å². The third-order valence-corrected chi connectivity index (χ3v) is 3.96. The fourth-order valence-corrected chi connectivity index (χ4v) is 2.60. The highest BCUT2D eigenvalue weighted by Crippen LogP contribution is 2.27. The summed E-state index contributed by atoms with van der Waals surface area (Å²) in [5.41, 5.74) is 3.41. The highest BCUT2D eigenvalue weighted by molar-refractivity contribution is 5.98. The maximum Gasteiger partial charge on any atom is 0.272 e. The van der Waals surface area contributed by atoms with Crippen molar-refractivity contribution in [2.45, 2.75) is 6.92 Å². The van der Waals surface area contributed by atoms with Gasteiger partial charge in [0.2, 0.25) is 0 Å². The van der Waals surface area contributed by atoms with Crippen molar-refractivity contribution in [1.82, 2.24) is 5.43 Å². The SMILES string of the molecule is Cc1cc(C(=O)N/N=C/c2ccc3ccccc3c2O)ccc1[N+](=O)[O-]. The lowest BCUT2D eigenvalue weighted by Crippen LogP contribution is -2.17. The van der Waals surface area contributed by atoms with E-state index in [2.05, 4.69) is 10.5 Å². The zero-order valence-electron chi connectivity index (χ0n) is 13.8. The van der Waals surface area contributed by atoms with Crippen LogP contribution in [-0.2, 0) is 0 Å². The summed E-state index contributed by atoms with van der Waals surface area (Å²) >= 11 is 0. The Kier molecular flexibility index (Phi) is 4.62. The minimum absolute atomic E-state index is 0.0499. The number of nitrogens with zero attached hydrogens (tertiary/aromatic N) is 2. The van der Waals surface area contributed by atoms with Crippen molar-refractivity contribution in [3.8, 4) is 5.75 Å². The highest BCUT2D eigenvalue weighted by Gasteiger charge is 2.13. The average Bonchev–Trinajstić information content (AvgIpc) is 2.63. The third-order valence-electron chi connectivity index (χ3n) is 3.96. The van der Waals surface area contributed by atoms with Crippen LogP contribution in [0.1, 0.15) is 21.5 Å². The second-order valence-electron chi connectivity index (χ2n) is 5.68. The van der Waals surface area contributed by atoms with Crippen LogP contribution >= 0.6 is 0 Å². The normalized spacial score (nSPS) is 11.0. The molecular formula is C19H15N3O4. The van der Waals surface area contributed by atoms with E-state index in [9.17, 15) is 20.0 Å². The standard InChI is InChI=1S/C19H15N3O4/c1-12-10-14(8-9-17(12)22(25)26)19(24)21-20-11-15-7-6-13-4-2-3-5-16(13)18(15)23/h2-11,23H,1H3,(H,21,24)/b20-11+. The van der Waals surface area contributed by atoms with E-state index in [0.717, 1.165) is 5.39 Å². The maximum absolute atomic E-state index is 12.1. The van der Waals surface area contributed by atoms with Gasteiger partial charge in [-0.25, -0.2) is 5.43 Å². The number of carbonyl (C=O) groups excluding carboxylic acids is 1. The number of rotatable bonds is 4. The predicted molar refractivity (Wildman–Crippen MR) is 98.5 cm³/mol. The molecule has 3 aromatic rings. The van der Waals surface area contributed by atoms with Gasteiger partial charge in [-0.2, -0.15) is 5.10 Å². The Morgan fingerprint density at radius 2 is 1.96 bits per heavy atom. The summed E-state index contributed by atoms with van der Waals surface area (Å²) in [6.07, 6.45) is 1.35. The average molecular weight is 349 g/mol. The molecule has 0 aliphatic carbocycles. The molecule has 26 heavy (non-hydrogen) atoms. The molecule has 0 unspecified atom stereocenters. The Morgan fingerprint density at radius 3 is 2.69 bits per heavy atom. The summed E-state index contributed by atoms with van der Waals surface area (Å²) < 4.78 is 0. The number of aromatic hydroxyl groups is 1. The Hall–Kier alpha value is -3.74. The molecule has 7 heteroatoms. The monoisotopic (exact) mass is 349 g/mol. The topological polar surface area (TPSA) is 105 Å². The van der Waals surface area contributed by atoms with Crippen molar-refractivity contribution < 1.29 is 14.8 Å². The first-order valence-electron chi connectivity index (χ1n) is 7.76. The third kappa shape index (κ3) is 3.36. The van der Waals surface area contributed by atoms with Gasteiger partial charge in [0, 0.05) is 28.1 Å². The molecule has 0 fully saturated rings. The van der Waals surface area contributed by atoms with Gasteiger partial charge >= 0.3 is 0 Å². The number of nitro benzene ring substituents is 1. The highest BCUT2D eigenvalue weighted by atomic mass is 16.6. The van der Waals surface area contributed by atoms with Crippen LogP contribution in [0, 0.1) is 17.0 Å². The summed E-state index contributed by atoms with van der Waals surface area (Å²) in [5, 5.41) is 26.5. The van der Waals surface area contributed by atoms with Crippen LogP contribution in [0.4, 0.5) is 5.69 Å². The maximum atomic E-state index is 12.1. The fourth-order valence-electron chi connectivity index (χ4n) is 2.60. The van der Waals surface area contributed by atoms with E-state index < -0.39 is 10.8 Å². The largest absolute Gasteiger partial charge is 0.507 e. The van der Waals surface area contributed by atoms with Crippen molar-refractivity contribution in [3.05, 3.63) is 81.4 Å². The number of nitrogens with one attached hydrogen (secondary N) is 1. The zero-order chi connectivity index (χ0) is 18.7. The van der Waals surface area contributed by atoms with Crippen molar-refractivity contribution >= 4 is 28.6 Å². The molecule has 0 heterocycles. The van der Waals surface area contributed by atoms with Gasteiger partial charge in [0.15, 0.2) is 0 Å². The van der Waals surface area contributed by atoms with E-state index >= 15 is 0 Å². The first-order chi connectivity index (χ1) is 12.5. The number of hydrogen-bond acceptors (Lipinski definition) is 5. The number of hydrazone groups is 1. The number of phenols is 1. The summed E-state index contributed by atoms with van der Waals surface area (Å²) in [6.45, 7) is 1.56. The van der Waals surface area contributed by atoms with E-state index in [4.69, 9.17) is 0 Å². The number of fused-ring (bicyclic) bond motifs is 1. The molecule has 0 bridgehead atoms. The molecule has 0 aromatic heterocycles. The van der Waals surface area contributed by atoms with E-state index in [0.29, 0.717) is 16.5 Å². The van der Waals surface area contributed by atoms with E-state index in [1.165, 1.54) is 24.4 Å². The summed E-state index contributed by atoms with van der Waals surface area (Å²) in [7, 11) is 0. The van der Waals surface area contributed by atoms with Crippen molar-refractivity contribution in [2.75, 3.05) is 0 Å². The number of benzene rings is 3. The molecule has 0 radical (unpaired) electrons. The van der Waals surface area contributed by atoms with Gasteiger partial charge < -0.3 is 5.11 Å². The van der Waals surface area contributed by atoms with Gasteiger partial charge in [-0.15, -0.1) is 0 Å². The number of amides is 1. The lowest BCUT2D eigenvalue weighted by atomic mass is 10.1. The molecule has 0 aliphatic heterocycles. The van der Waals surface area contributed by atoms with Crippen LogP contribution in [-0.4, -0.2) is 22.2 Å². The number of nitro groups is 1. The van der Waals surface area contributed by atoms with Crippen molar-refractivity contribution in [2.24, 2.45) is 5.10 Å². The number of aryl methyl sites for hydroxylation is 1. The lowest BCUT2D eigenvalue weighted by molar-refractivity contribution is -0.385. The van der Waals surface area contributed by atoms with Gasteiger partial charge in [-0.1, -0.05) is 30.3 Å². The van der Waals surface area contributed by atoms with Crippen molar-refractivity contribution in [3.63, 3.8) is 0 Å². The molecule has 0 saturated carbocycles. The fraction of sp³-hybridized carbons (Fsp3) is 0.0526. The smallest absolute Gasteiger partial charge is 0.272 e. The molecule has 3 rings (SSSR count). The predicted octanol–water partition coefficient (Wildman–Crippen LogP) is 3.53. The van der Waals surface area contributed by atoms with Crippen LogP contribution in [0.5, 0.6) is 5.75 Å². The quantitative estimate of drug-likeness (QED) is 0.427. The number of carbonyl (C=O) groups is 1. The Bertz CT molecular complexity index is 1040. The molecule has 0 aliphatic rings. The Labute approximate surface area is 148 Å². The van der Waals surface area contributed by atoms with Crippen LogP contribution in [0.3, 0.4) is 0 Å². The second kappa shape index (κ2) is 7.02. The van der Waals surface area contributed by atoms with E-state index in [-0.39, 0.29) is 17.0 Å². The van der Waals surface area contributed by atoms with E-state index in [1.54, 1.807) is 19.1 Å². The molecule has 2 N–H and O–H groups in total. The molecule has 3 aromatic carbocycles. The molecular weight excluding hydrogens is 334 g/mol. The number of phenolic OH excluding ortho intramolecular Hbond substituents is 1. The van der Waals surface area contributed by atoms with Crippen LogP contribution < -0.4 is 5.43 Å². The second-order valence-corrected chi connectivity index (χ2v) is 5.68. The Balaban J connectivity index is 1.76. The van der Waals surface area contributed by atoms with Gasteiger partial charge in [-0.3, -0.25) is 14.9 Å². The zero-order valence-corrected chi connectivity index (χ0v) is 13.8. The lowest BCUT2D eigenvalue weighted by Gasteiger charge is -2.04. The van der Waals surface area contributed by atoms with Gasteiger partial charge in [0.05, 0.1) is 11.1 Å². The molecule has 0 spiro atoms. The molecule has 0 atom stereocenters. The summed E-state index contributed by atoms with van der Waals surface area (Å²) in [4.78, 5) is 22.4. The minimum Gasteiger partial charge on any atom is -0.507 e.